The molecule has 1 aliphatic heterocycles. The standard InChI is InChI=1S/C36H33ClN4O4S/c37-29-11-7-10-28(23-29)24-34-33(25-38-36(39-34)41-20-18-27(19-21-41)22-26-8-3-1-4-9-26)35(42)40-46(43,44)32-16-14-31(15-17-32)45-30-12-5-2-6-13-30/h1-17,23,25,27H,18-22,24H2,(H,40,42). The van der Waals surface area contributed by atoms with Gasteiger partial charge in [0.05, 0.1) is 16.2 Å². The molecular formula is C36H33ClN4O4S. The monoisotopic (exact) mass is 652 g/mol. The summed E-state index contributed by atoms with van der Waals surface area (Å²) in [6, 6.07) is 32.8. The molecule has 46 heavy (non-hydrogen) atoms. The van der Waals surface area contributed by atoms with E-state index in [1.54, 1.807) is 24.3 Å². The molecule has 0 atom stereocenters. The zero-order chi connectivity index (χ0) is 31.9. The molecule has 8 nitrogen and oxygen atoms in total. The molecule has 4 aromatic carbocycles. The van der Waals surface area contributed by atoms with Crippen LogP contribution in [0, 0.1) is 5.92 Å². The van der Waals surface area contributed by atoms with Crippen LogP contribution >= 0.6 is 11.6 Å². The van der Waals surface area contributed by atoms with Crippen LogP contribution in [0.15, 0.2) is 120 Å². The Labute approximate surface area is 274 Å². The Morgan fingerprint density at radius 1 is 0.848 bits per heavy atom. The van der Waals surface area contributed by atoms with Crippen LogP contribution in [0.2, 0.25) is 5.02 Å². The minimum atomic E-state index is -4.20. The van der Waals surface area contributed by atoms with E-state index in [0.29, 0.717) is 34.1 Å². The van der Waals surface area contributed by atoms with Crippen molar-refractivity contribution in [3.63, 3.8) is 0 Å². The lowest BCUT2D eigenvalue weighted by molar-refractivity contribution is 0.0980. The van der Waals surface area contributed by atoms with Crippen LogP contribution < -0.4 is 14.4 Å². The molecule has 0 saturated carbocycles. The second kappa shape index (κ2) is 14.1. The number of piperidine rings is 1. The summed E-state index contributed by atoms with van der Waals surface area (Å²) in [7, 11) is -4.20. The van der Waals surface area contributed by atoms with Gasteiger partial charge in [-0.2, -0.15) is 0 Å². The highest BCUT2D eigenvalue weighted by molar-refractivity contribution is 7.90. The van der Waals surface area contributed by atoms with Crippen molar-refractivity contribution < 1.29 is 17.9 Å². The SMILES string of the molecule is O=C(NS(=O)(=O)c1ccc(Oc2ccccc2)cc1)c1cnc(N2CCC(Cc3ccccc3)CC2)nc1Cc1cccc(Cl)c1. The maximum Gasteiger partial charge on any atom is 0.268 e. The Balaban J connectivity index is 1.19. The number of carbonyl (C=O) groups excluding carboxylic acids is 1. The van der Waals surface area contributed by atoms with E-state index >= 15 is 0 Å². The number of anilines is 1. The van der Waals surface area contributed by atoms with Gasteiger partial charge in [0.2, 0.25) is 5.95 Å². The number of para-hydroxylation sites is 1. The second-order valence-electron chi connectivity index (χ2n) is 11.3. The zero-order valence-electron chi connectivity index (χ0n) is 25.1. The Kier molecular flexibility index (Phi) is 9.61. The van der Waals surface area contributed by atoms with Crippen LogP contribution in [0.4, 0.5) is 5.95 Å². The number of amides is 1. The summed E-state index contributed by atoms with van der Waals surface area (Å²) < 4.78 is 34.4. The molecule has 1 aromatic heterocycles. The third kappa shape index (κ3) is 7.91. The van der Waals surface area contributed by atoms with E-state index in [9.17, 15) is 13.2 Å². The first kappa shape index (κ1) is 31.3. The average Bonchev–Trinajstić information content (AvgIpc) is 3.06. The molecule has 1 aliphatic rings. The molecule has 5 aromatic rings. The van der Waals surface area contributed by atoms with Crippen molar-refractivity contribution in [3.8, 4) is 11.5 Å². The number of aromatic nitrogens is 2. The number of nitrogens with zero attached hydrogens (tertiary/aromatic N) is 3. The molecule has 10 heteroatoms. The predicted octanol–water partition coefficient (Wildman–Crippen LogP) is 7.09. The van der Waals surface area contributed by atoms with Gasteiger partial charge in [-0.05, 0) is 84.8 Å². The Bertz CT molecular complexity index is 1900. The van der Waals surface area contributed by atoms with Crippen LogP contribution in [-0.4, -0.2) is 37.4 Å². The maximum absolute atomic E-state index is 13.5. The van der Waals surface area contributed by atoms with Crippen LogP contribution in [0.1, 0.15) is 40.0 Å². The topological polar surface area (TPSA) is 101 Å². The summed E-state index contributed by atoms with van der Waals surface area (Å²) in [4.78, 5) is 24.9. The fraction of sp³-hybridized carbons (Fsp3) is 0.194. The number of hydrogen-bond acceptors (Lipinski definition) is 7. The average molecular weight is 653 g/mol. The van der Waals surface area contributed by atoms with Crippen molar-refractivity contribution in [2.24, 2.45) is 5.92 Å². The molecule has 1 N–H and O–H groups in total. The molecule has 0 unspecified atom stereocenters. The Morgan fingerprint density at radius 3 is 2.20 bits per heavy atom. The number of benzene rings is 4. The quantitative estimate of drug-likeness (QED) is 0.172. The van der Waals surface area contributed by atoms with Gasteiger partial charge in [-0.25, -0.2) is 23.1 Å². The molecule has 2 heterocycles. The van der Waals surface area contributed by atoms with E-state index in [-0.39, 0.29) is 16.9 Å². The molecule has 0 bridgehead atoms. The normalized spacial score (nSPS) is 13.7. The summed E-state index contributed by atoms with van der Waals surface area (Å²) >= 11 is 6.24. The first-order chi connectivity index (χ1) is 22.3. The van der Waals surface area contributed by atoms with Gasteiger partial charge in [0.1, 0.15) is 11.5 Å². The lowest BCUT2D eigenvalue weighted by Crippen LogP contribution is -2.36. The van der Waals surface area contributed by atoms with Gasteiger partial charge in [-0.3, -0.25) is 4.79 Å². The van der Waals surface area contributed by atoms with E-state index in [1.165, 1.54) is 36.0 Å². The van der Waals surface area contributed by atoms with Gasteiger partial charge in [-0.1, -0.05) is 72.3 Å². The minimum absolute atomic E-state index is 0.0754. The molecule has 1 fully saturated rings. The second-order valence-corrected chi connectivity index (χ2v) is 13.4. The number of rotatable bonds is 10. The molecule has 1 saturated heterocycles. The zero-order valence-corrected chi connectivity index (χ0v) is 26.6. The number of hydrogen-bond donors (Lipinski definition) is 1. The molecular weight excluding hydrogens is 620 g/mol. The lowest BCUT2D eigenvalue weighted by Gasteiger charge is -2.32. The summed E-state index contributed by atoms with van der Waals surface area (Å²) in [6.07, 6.45) is 4.72. The highest BCUT2D eigenvalue weighted by Crippen LogP contribution is 2.26. The third-order valence-electron chi connectivity index (χ3n) is 7.96. The summed E-state index contributed by atoms with van der Waals surface area (Å²) in [5.41, 5.74) is 2.67. The van der Waals surface area contributed by atoms with Crippen molar-refractivity contribution in [2.75, 3.05) is 18.0 Å². The smallest absolute Gasteiger partial charge is 0.268 e. The van der Waals surface area contributed by atoms with E-state index in [2.05, 4.69) is 38.9 Å². The fourth-order valence-electron chi connectivity index (χ4n) is 5.56. The summed E-state index contributed by atoms with van der Waals surface area (Å²) in [6.45, 7) is 1.58. The fourth-order valence-corrected chi connectivity index (χ4v) is 6.73. The maximum atomic E-state index is 13.5. The van der Waals surface area contributed by atoms with Gasteiger partial charge < -0.3 is 9.64 Å². The molecule has 6 rings (SSSR count). The molecule has 234 valence electrons. The predicted molar refractivity (Wildman–Crippen MR) is 179 cm³/mol. The molecule has 0 aliphatic carbocycles. The summed E-state index contributed by atoms with van der Waals surface area (Å²) in [5, 5.41) is 0.556. The highest BCUT2D eigenvalue weighted by atomic mass is 35.5. The van der Waals surface area contributed by atoms with Gasteiger partial charge in [0, 0.05) is 30.7 Å². The largest absolute Gasteiger partial charge is 0.457 e. The van der Waals surface area contributed by atoms with Crippen molar-refractivity contribution >= 4 is 33.5 Å². The van der Waals surface area contributed by atoms with Crippen LogP contribution in [0.3, 0.4) is 0 Å². The van der Waals surface area contributed by atoms with Crippen molar-refractivity contribution in [1.29, 1.82) is 0 Å². The number of ether oxygens (including phenoxy) is 1. The van der Waals surface area contributed by atoms with E-state index in [1.807, 2.05) is 36.4 Å². The highest BCUT2D eigenvalue weighted by Gasteiger charge is 2.25. The van der Waals surface area contributed by atoms with Crippen molar-refractivity contribution in [3.05, 3.63) is 143 Å². The van der Waals surface area contributed by atoms with Gasteiger partial charge >= 0.3 is 0 Å². The Hall–Kier alpha value is -4.73. The van der Waals surface area contributed by atoms with Crippen LogP contribution in [-0.2, 0) is 22.9 Å². The molecule has 0 radical (unpaired) electrons. The molecule has 0 spiro atoms. The van der Waals surface area contributed by atoms with Gasteiger partial charge in [-0.15, -0.1) is 0 Å². The van der Waals surface area contributed by atoms with E-state index in [4.69, 9.17) is 21.3 Å². The number of halogens is 1. The van der Waals surface area contributed by atoms with Gasteiger partial charge in [0.25, 0.3) is 15.9 Å². The van der Waals surface area contributed by atoms with Gasteiger partial charge in [0.15, 0.2) is 0 Å². The first-order valence-electron chi connectivity index (χ1n) is 15.1. The molecule has 1 amide bonds. The van der Waals surface area contributed by atoms with E-state index < -0.39 is 15.9 Å². The van der Waals surface area contributed by atoms with Crippen LogP contribution in [0.25, 0.3) is 0 Å². The number of nitrogens with one attached hydrogen (secondary N) is 1. The minimum Gasteiger partial charge on any atom is -0.457 e. The first-order valence-corrected chi connectivity index (χ1v) is 17.0. The summed E-state index contributed by atoms with van der Waals surface area (Å²) in [5.74, 6) is 1.36. The van der Waals surface area contributed by atoms with Crippen LogP contribution in [0.5, 0.6) is 11.5 Å². The van der Waals surface area contributed by atoms with Crippen molar-refractivity contribution in [2.45, 2.75) is 30.6 Å². The number of sulfonamides is 1. The van der Waals surface area contributed by atoms with E-state index in [0.717, 1.165) is 37.9 Å². The Morgan fingerprint density at radius 2 is 1.50 bits per heavy atom. The van der Waals surface area contributed by atoms with Crippen molar-refractivity contribution in [1.82, 2.24) is 14.7 Å². The lowest BCUT2D eigenvalue weighted by atomic mass is 9.90. The number of carbonyl (C=O) groups is 1. The third-order valence-corrected chi connectivity index (χ3v) is 9.55.